The van der Waals surface area contributed by atoms with Crippen LogP contribution in [0.25, 0.3) is 0 Å². The molecule has 9 nitrogen and oxygen atoms in total. The molecule has 3 aromatic rings. The number of benzene rings is 3. The molecule has 178 valence electrons. The zero-order valence-electron chi connectivity index (χ0n) is 18.6. The number of nitrogens with one attached hydrogen (secondary N) is 1. The minimum atomic E-state index is -0.939. The van der Waals surface area contributed by atoms with Crippen molar-refractivity contribution in [2.45, 2.75) is 12.6 Å². The molecule has 0 saturated carbocycles. The predicted octanol–water partition coefficient (Wildman–Crippen LogP) is 2.38. The van der Waals surface area contributed by atoms with Crippen LogP contribution in [-0.2, 0) is 6.54 Å². The molecular formula is C26H22N2O7. The number of aliphatic hydroxyl groups is 1. The summed E-state index contributed by atoms with van der Waals surface area (Å²) in [4.78, 5) is 39.0. The van der Waals surface area contributed by atoms with E-state index in [1.165, 1.54) is 4.90 Å². The van der Waals surface area contributed by atoms with E-state index in [1.807, 2.05) is 0 Å². The largest absolute Gasteiger partial charge is 0.491 e. The summed E-state index contributed by atoms with van der Waals surface area (Å²) >= 11 is 0. The summed E-state index contributed by atoms with van der Waals surface area (Å²) in [5.41, 5.74) is 1.74. The highest BCUT2D eigenvalue weighted by atomic mass is 16.7. The first-order valence-corrected chi connectivity index (χ1v) is 11.0. The van der Waals surface area contributed by atoms with E-state index in [1.54, 1.807) is 66.7 Å². The van der Waals surface area contributed by atoms with E-state index in [2.05, 4.69) is 5.32 Å². The number of hydrogen-bond acceptors (Lipinski definition) is 7. The fourth-order valence-electron chi connectivity index (χ4n) is 3.91. The number of aliphatic hydroxyl groups excluding tert-OH is 1. The van der Waals surface area contributed by atoms with Crippen LogP contribution in [0.3, 0.4) is 0 Å². The molecule has 0 aliphatic carbocycles. The number of nitrogens with zero attached hydrogens (tertiary/aromatic N) is 1. The Morgan fingerprint density at radius 1 is 0.971 bits per heavy atom. The van der Waals surface area contributed by atoms with Crippen LogP contribution in [0.2, 0.25) is 0 Å². The third-order valence-electron chi connectivity index (χ3n) is 5.69. The van der Waals surface area contributed by atoms with Crippen LogP contribution in [0.1, 0.15) is 36.6 Å². The molecule has 9 heteroatoms. The molecule has 2 heterocycles. The van der Waals surface area contributed by atoms with Crippen LogP contribution in [0, 0.1) is 0 Å². The van der Waals surface area contributed by atoms with E-state index in [0.717, 1.165) is 0 Å². The van der Waals surface area contributed by atoms with E-state index < -0.39 is 12.0 Å². The maximum Gasteiger partial charge on any atom is 0.261 e. The van der Waals surface area contributed by atoms with Gasteiger partial charge in [-0.3, -0.25) is 19.3 Å². The van der Waals surface area contributed by atoms with Crippen molar-refractivity contribution < 1.29 is 33.7 Å². The number of amides is 3. The maximum absolute atomic E-state index is 12.6. The fourth-order valence-corrected chi connectivity index (χ4v) is 3.91. The molecule has 0 radical (unpaired) electrons. The average molecular weight is 474 g/mol. The van der Waals surface area contributed by atoms with E-state index in [4.69, 9.17) is 14.2 Å². The monoisotopic (exact) mass is 474 g/mol. The number of ether oxygens (including phenoxy) is 3. The Morgan fingerprint density at radius 2 is 1.71 bits per heavy atom. The van der Waals surface area contributed by atoms with E-state index >= 15 is 0 Å². The molecule has 2 N–H and O–H groups in total. The molecule has 3 amide bonds. The van der Waals surface area contributed by atoms with Crippen molar-refractivity contribution >= 4 is 17.7 Å². The number of hydrogen-bond donors (Lipinski definition) is 2. The number of rotatable bonds is 8. The molecule has 1 atom stereocenters. The lowest BCUT2D eigenvalue weighted by Crippen LogP contribution is -2.35. The van der Waals surface area contributed by atoms with E-state index in [9.17, 15) is 19.5 Å². The van der Waals surface area contributed by atoms with Crippen LogP contribution < -0.4 is 19.5 Å². The van der Waals surface area contributed by atoms with Gasteiger partial charge in [-0.2, -0.15) is 0 Å². The smallest absolute Gasteiger partial charge is 0.261 e. The summed E-state index contributed by atoms with van der Waals surface area (Å²) in [6.07, 6.45) is -0.939. The topological polar surface area (TPSA) is 114 Å². The lowest BCUT2D eigenvalue weighted by atomic mass is 10.1. The van der Waals surface area contributed by atoms with Gasteiger partial charge < -0.3 is 24.6 Å². The Morgan fingerprint density at radius 3 is 2.49 bits per heavy atom. The minimum absolute atomic E-state index is 0.0218. The quantitative estimate of drug-likeness (QED) is 0.482. The Bertz CT molecular complexity index is 1270. The van der Waals surface area contributed by atoms with Gasteiger partial charge in [0.2, 0.25) is 6.79 Å². The second-order valence-electron chi connectivity index (χ2n) is 8.13. The van der Waals surface area contributed by atoms with Gasteiger partial charge in [0.15, 0.2) is 11.5 Å². The molecule has 3 aromatic carbocycles. The molecule has 5 rings (SSSR count). The number of carbonyl (C=O) groups excluding carboxylic acids is 3. The van der Waals surface area contributed by atoms with Crippen molar-refractivity contribution in [1.29, 1.82) is 0 Å². The van der Waals surface area contributed by atoms with Crippen molar-refractivity contribution in [3.8, 4) is 17.2 Å². The second kappa shape index (κ2) is 9.47. The SMILES string of the molecule is O=C(NCC(O)COc1ccc2c(c1)OCO2)c1cccc(CN2C(=O)c3ccccc3C2=O)c1. The first kappa shape index (κ1) is 22.4. The first-order valence-electron chi connectivity index (χ1n) is 11.0. The van der Waals surface area contributed by atoms with Crippen LogP contribution in [0.15, 0.2) is 66.7 Å². The average Bonchev–Trinajstić information content (AvgIpc) is 3.45. The van der Waals surface area contributed by atoms with Gasteiger partial charge in [0.1, 0.15) is 18.5 Å². The zero-order valence-corrected chi connectivity index (χ0v) is 18.6. The molecule has 0 bridgehead atoms. The van der Waals surface area contributed by atoms with Gasteiger partial charge in [0.05, 0.1) is 17.7 Å². The number of carbonyl (C=O) groups is 3. The first-order chi connectivity index (χ1) is 17.0. The highest BCUT2D eigenvalue weighted by Gasteiger charge is 2.35. The summed E-state index contributed by atoms with van der Waals surface area (Å²) in [6.45, 7) is 0.165. The molecule has 0 fully saturated rings. The molecule has 35 heavy (non-hydrogen) atoms. The lowest BCUT2D eigenvalue weighted by Gasteiger charge is -2.15. The van der Waals surface area contributed by atoms with Gasteiger partial charge in [0, 0.05) is 18.2 Å². The van der Waals surface area contributed by atoms with Crippen LogP contribution in [-0.4, -0.2) is 53.8 Å². The third kappa shape index (κ3) is 4.67. The highest BCUT2D eigenvalue weighted by molar-refractivity contribution is 6.21. The number of imide groups is 1. The van der Waals surface area contributed by atoms with Gasteiger partial charge in [-0.05, 0) is 42.0 Å². The Hall–Kier alpha value is -4.37. The molecule has 1 unspecified atom stereocenters. The summed E-state index contributed by atoms with van der Waals surface area (Å²) in [5.74, 6) is 0.621. The third-order valence-corrected chi connectivity index (χ3v) is 5.69. The molecular weight excluding hydrogens is 452 g/mol. The van der Waals surface area contributed by atoms with Gasteiger partial charge >= 0.3 is 0 Å². The fraction of sp³-hybridized carbons (Fsp3) is 0.192. The Balaban J connectivity index is 1.14. The number of fused-ring (bicyclic) bond motifs is 2. The van der Waals surface area contributed by atoms with Crippen LogP contribution in [0.4, 0.5) is 0 Å². The van der Waals surface area contributed by atoms with Crippen molar-refractivity contribution in [2.24, 2.45) is 0 Å². The molecule has 0 saturated heterocycles. The van der Waals surface area contributed by atoms with Gasteiger partial charge in [-0.15, -0.1) is 0 Å². The second-order valence-corrected chi connectivity index (χ2v) is 8.13. The molecule has 0 aromatic heterocycles. The van der Waals surface area contributed by atoms with Crippen LogP contribution >= 0.6 is 0 Å². The maximum atomic E-state index is 12.6. The summed E-state index contributed by atoms with van der Waals surface area (Å²) in [7, 11) is 0. The van der Waals surface area contributed by atoms with Crippen molar-refractivity contribution in [2.75, 3.05) is 19.9 Å². The Labute approximate surface area is 200 Å². The molecule has 2 aliphatic rings. The standard InChI is InChI=1S/C26H22N2O7/c29-18(14-33-19-8-9-22-23(11-19)35-15-34-22)12-27-24(30)17-5-3-4-16(10-17)13-28-25(31)20-6-1-2-7-21(20)26(28)32/h1-11,18,29H,12-15H2,(H,27,30). The van der Waals surface area contributed by atoms with Gasteiger partial charge in [0.25, 0.3) is 17.7 Å². The van der Waals surface area contributed by atoms with Gasteiger partial charge in [-0.25, -0.2) is 0 Å². The van der Waals surface area contributed by atoms with Crippen molar-refractivity contribution in [1.82, 2.24) is 10.2 Å². The summed E-state index contributed by atoms with van der Waals surface area (Å²) < 4.78 is 16.1. The molecule has 0 spiro atoms. The van der Waals surface area contributed by atoms with E-state index in [0.29, 0.717) is 39.5 Å². The Kier molecular flexibility index (Phi) is 6.07. The zero-order chi connectivity index (χ0) is 24.4. The van der Waals surface area contributed by atoms with E-state index in [-0.39, 0.29) is 38.3 Å². The summed E-state index contributed by atoms with van der Waals surface area (Å²) in [6, 6.07) is 18.5. The van der Waals surface area contributed by atoms with Crippen LogP contribution in [0.5, 0.6) is 17.2 Å². The molecule has 2 aliphatic heterocycles. The predicted molar refractivity (Wildman–Crippen MR) is 123 cm³/mol. The van der Waals surface area contributed by atoms with Crippen molar-refractivity contribution in [3.05, 3.63) is 89.0 Å². The summed E-state index contributed by atoms with van der Waals surface area (Å²) in [5, 5.41) is 12.9. The van der Waals surface area contributed by atoms with Crippen molar-refractivity contribution in [3.63, 3.8) is 0 Å². The van der Waals surface area contributed by atoms with Gasteiger partial charge in [-0.1, -0.05) is 24.3 Å². The minimum Gasteiger partial charge on any atom is -0.491 e. The highest BCUT2D eigenvalue weighted by Crippen LogP contribution is 2.35. The normalized spacial score (nSPS) is 14.6. The lowest BCUT2D eigenvalue weighted by molar-refractivity contribution is 0.0642.